The Kier molecular flexibility index (Phi) is 8.87. The van der Waals surface area contributed by atoms with Gasteiger partial charge in [0.25, 0.3) is 5.91 Å². The van der Waals surface area contributed by atoms with Crippen LogP contribution in [-0.2, 0) is 4.79 Å². The highest BCUT2D eigenvalue weighted by Crippen LogP contribution is 2.37. The molecule has 0 aliphatic rings. The van der Waals surface area contributed by atoms with E-state index in [1.54, 1.807) is 24.3 Å². The maximum atomic E-state index is 13.5. The van der Waals surface area contributed by atoms with E-state index in [0.29, 0.717) is 32.1 Å². The number of hydrogen-bond donors (Lipinski definition) is 2. The summed E-state index contributed by atoms with van der Waals surface area (Å²) in [5, 5.41) is 8.63. The van der Waals surface area contributed by atoms with Gasteiger partial charge in [0.05, 0.1) is 15.7 Å². The smallest absolute Gasteiger partial charge is 0.255 e. The Balaban J connectivity index is 1.29. The van der Waals surface area contributed by atoms with Gasteiger partial charge in [-0.2, -0.15) is 0 Å². The lowest BCUT2D eigenvalue weighted by Gasteiger charge is -2.16. The zero-order valence-corrected chi connectivity index (χ0v) is 24.4. The van der Waals surface area contributed by atoms with Crippen LogP contribution >= 0.6 is 46.3 Å². The molecular formula is C31H23Cl2N3O2S2. The molecule has 9 heteroatoms. The van der Waals surface area contributed by atoms with E-state index in [1.807, 2.05) is 85.1 Å². The molecule has 0 radical (unpaired) electrons. The molecule has 1 heterocycles. The van der Waals surface area contributed by atoms with Gasteiger partial charge in [-0.3, -0.25) is 9.59 Å². The van der Waals surface area contributed by atoms with E-state index in [4.69, 9.17) is 23.2 Å². The zero-order chi connectivity index (χ0) is 28.1. The second kappa shape index (κ2) is 12.7. The molecule has 200 valence electrons. The van der Waals surface area contributed by atoms with E-state index in [0.717, 1.165) is 21.6 Å². The van der Waals surface area contributed by atoms with E-state index < -0.39 is 5.25 Å². The van der Waals surface area contributed by atoms with Crippen molar-refractivity contribution in [1.29, 1.82) is 0 Å². The average molecular weight is 605 g/mol. The third-order valence-corrected chi connectivity index (χ3v) is 8.73. The lowest BCUT2D eigenvalue weighted by atomic mass is 10.1. The normalized spacial score (nSPS) is 11.6. The molecule has 0 aliphatic heterocycles. The van der Waals surface area contributed by atoms with Crippen LogP contribution in [0.3, 0.4) is 0 Å². The highest BCUT2D eigenvalue weighted by atomic mass is 35.5. The number of aryl methyl sites for hydroxylation is 1. The summed E-state index contributed by atoms with van der Waals surface area (Å²) in [6.45, 7) is 1.98. The van der Waals surface area contributed by atoms with Gasteiger partial charge in [0.2, 0.25) is 5.91 Å². The van der Waals surface area contributed by atoms with E-state index in [2.05, 4.69) is 15.6 Å². The third kappa shape index (κ3) is 6.92. The Bertz CT molecular complexity index is 1640. The predicted octanol–water partition coefficient (Wildman–Crippen LogP) is 9.15. The second-order valence-electron chi connectivity index (χ2n) is 8.91. The topological polar surface area (TPSA) is 71.1 Å². The summed E-state index contributed by atoms with van der Waals surface area (Å²) in [5.74, 6) is -0.367. The van der Waals surface area contributed by atoms with Crippen molar-refractivity contribution in [2.24, 2.45) is 0 Å². The van der Waals surface area contributed by atoms with Gasteiger partial charge in [-0.05, 0) is 61.0 Å². The molecule has 0 spiro atoms. The Hall–Kier alpha value is -3.62. The van der Waals surface area contributed by atoms with E-state index in [-0.39, 0.29) is 11.8 Å². The number of amides is 2. The molecule has 5 nitrogen and oxygen atoms in total. The van der Waals surface area contributed by atoms with Crippen LogP contribution in [-0.4, -0.2) is 16.8 Å². The van der Waals surface area contributed by atoms with Crippen molar-refractivity contribution in [3.63, 3.8) is 0 Å². The van der Waals surface area contributed by atoms with Crippen LogP contribution in [0.25, 0.3) is 11.3 Å². The fraction of sp³-hybridized carbons (Fsp3) is 0.0645. The molecule has 5 aromatic rings. The first-order valence-corrected chi connectivity index (χ1v) is 14.8. The van der Waals surface area contributed by atoms with Gasteiger partial charge >= 0.3 is 0 Å². The SMILES string of the molecule is Cc1ccc(C(=O)Nc2ccc(SC(C(=O)Nc3nc(-c4ccc(Cl)c(Cl)c4)cs3)c3ccccc3)cc2)cc1. The molecule has 1 unspecified atom stereocenters. The Morgan fingerprint density at radius 1 is 0.850 bits per heavy atom. The first-order valence-electron chi connectivity index (χ1n) is 12.3. The van der Waals surface area contributed by atoms with Crippen LogP contribution in [0.15, 0.2) is 107 Å². The molecule has 5 rings (SSSR count). The summed E-state index contributed by atoms with van der Waals surface area (Å²) in [4.78, 5) is 31.5. The molecule has 0 saturated heterocycles. The monoisotopic (exact) mass is 603 g/mol. The first-order chi connectivity index (χ1) is 19.4. The van der Waals surface area contributed by atoms with E-state index >= 15 is 0 Å². The minimum Gasteiger partial charge on any atom is -0.322 e. The summed E-state index contributed by atoms with van der Waals surface area (Å²) in [6.07, 6.45) is 0. The number of carbonyl (C=O) groups is 2. The van der Waals surface area contributed by atoms with Crippen LogP contribution in [0.2, 0.25) is 10.0 Å². The number of thiazole rings is 1. The largest absolute Gasteiger partial charge is 0.322 e. The molecule has 1 atom stereocenters. The molecule has 4 aromatic carbocycles. The minimum atomic E-state index is -0.522. The van der Waals surface area contributed by atoms with Gasteiger partial charge in [0.1, 0.15) is 5.25 Å². The molecule has 40 heavy (non-hydrogen) atoms. The van der Waals surface area contributed by atoms with Gasteiger partial charge in [-0.25, -0.2) is 4.98 Å². The molecule has 2 amide bonds. The number of thioether (sulfide) groups is 1. The Morgan fingerprint density at radius 2 is 1.57 bits per heavy atom. The quantitative estimate of drug-likeness (QED) is 0.173. The fourth-order valence-electron chi connectivity index (χ4n) is 3.85. The molecule has 0 fully saturated rings. The van der Waals surface area contributed by atoms with Crippen molar-refractivity contribution < 1.29 is 9.59 Å². The van der Waals surface area contributed by atoms with Gasteiger partial charge in [0.15, 0.2) is 5.13 Å². The van der Waals surface area contributed by atoms with Crippen molar-refractivity contribution in [2.75, 3.05) is 10.6 Å². The summed E-state index contributed by atoms with van der Waals surface area (Å²) in [7, 11) is 0. The van der Waals surface area contributed by atoms with Gasteiger partial charge in [0, 0.05) is 27.1 Å². The summed E-state index contributed by atoms with van der Waals surface area (Å²) < 4.78 is 0. The first kappa shape index (κ1) is 27.9. The lowest BCUT2D eigenvalue weighted by Crippen LogP contribution is -2.19. The molecule has 0 bridgehead atoms. The highest BCUT2D eigenvalue weighted by Gasteiger charge is 2.23. The van der Waals surface area contributed by atoms with Crippen molar-refractivity contribution in [3.8, 4) is 11.3 Å². The molecular weight excluding hydrogens is 581 g/mol. The van der Waals surface area contributed by atoms with Crippen LogP contribution in [0.4, 0.5) is 10.8 Å². The molecule has 1 aromatic heterocycles. The van der Waals surface area contributed by atoms with Crippen molar-refractivity contribution in [2.45, 2.75) is 17.1 Å². The van der Waals surface area contributed by atoms with Crippen molar-refractivity contribution >= 4 is 68.9 Å². The number of aromatic nitrogens is 1. The summed E-state index contributed by atoms with van der Waals surface area (Å²) >= 11 is 15.0. The number of nitrogens with one attached hydrogen (secondary N) is 2. The molecule has 2 N–H and O–H groups in total. The standard InChI is InChI=1S/C31H23Cl2N3O2S2/c1-19-7-9-21(10-8-19)29(37)34-23-12-14-24(15-13-23)40-28(20-5-3-2-4-6-20)30(38)36-31-35-27(18-39-31)22-11-16-25(32)26(33)17-22/h2-18,28H,1H3,(H,34,37)(H,35,36,38). The van der Waals surface area contributed by atoms with Crippen LogP contribution in [0, 0.1) is 6.92 Å². The van der Waals surface area contributed by atoms with Crippen LogP contribution in [0.1, 0.15) is 26.7 Å². The zero-order valence-electron chi connectivity index (χ0n) is 21.2. The van der Waals surface area contributed by atoms with Crippen molar-refractivity contribution in [1.82, 2.24) is 4.98 Å². The second-order valence-corrected chi connectivity index (χ2v) is 11.8. The predicted molar refractivity (Wildman–Crippen MR) is 167 cm³/mol. The third-order valence-electron chi connectivity index (χ3n) is 5.97. The average Bonchev–Trinajstić information content (AvgIpc) is 3.43. The van der Waals surface area contributed by atoms with E-state index in [9.17, 15) is 9.59 Å². The molecule has 0 aliphatic carbocycles. The Morgan fingerprint density at radius 3 is 2.27 bits per heavy atom. The number of anilines is 2. The minimum absolute atomic E-state index is 0.175. The summed E-state index contributed by atoms with van der Waals surface area (Å²) in [5.41, 5.74) is 4.74. The van der Waals surface area contributed by atoms with E-state index in [1.165, 1.54) is 23.1 Å². The summed E-state index contributed by atoms with van der Waals surface area (Å²) in [6, 6.07) is 29.8. The van der Waals surface area contributed by atoms with Crippen molar-refractivity contribution in [3.05, 3.63) is 129 Å². The van der Waals surface area contributed by atoms with Crippen LogP contribution < -0.4 is 10.6 Å². The fourth-order valence-corrected chi connectivity index (χ4v) is 5.90. The van der Waals surface area contributed by atoms with Gasteiger partial charge in [-0.1, -0.05) is 77.3 Å². The van der Waals surface area contributed by atoms with Gasteiger partial charge in [-0.15, -0.1) is 23.1 Å². The maximum Gasteiger partial charge on any atom is 0.255 e. The molecule has 0 saturated carbocycles. The Labute approximate surface area is 250 Å². The number of nitrogens with zero attached hydrogens (tertiary/aromatic N) is 1. The number of rotatable bonds is 8. The maximum absolute atomic E-state index is 13.5. The van der Waals surface area contributed by atoms with Crippen LogP contribution in [0.5, 0.6) is 0 Å². The highest BCUT2D eigenvalue weighted by molar-refractivity contribution is 8.00. The van der Waals surface area contributed by atoms with Gasteiger partial charge < -0.3 is 10.6 Å². The number of benzene rings is 4. The number of carbonyl (C=O) groups excluding carboxylic acids is 2. The number of halogens is 2. The number of hydrogen-bond acceptors (Lipinski definition) is 5. The lowest BCUT2D eigenvalue weighted by molar-refractivity contribution is -0.115.